The Hall–Kier alpha value is -3.06. The zero-order valence-corrected chi connectivity index (χ0v) is 20.7. The molecule has 1 saturated heterocycles. The topological polar surface area (TPSA) is 71.1 Å². The molecule has 2 aliphatic carbocycles. The predicted octanol–water partition coefficient (Wildman–Crippen LogP) is 3.92. The van der Waals surface area contributed by atoms with Gasteiger partial charge in [0.15, 0.2) is 0 Å². The molecule has 0 spiro atoms. The Morgan fingerprint density at radius 2 is 1.77 bits per heavy atom. The van der Waals surface area contributed by atoms with Crippen molar-refractivity contribution in [2.75, 3.05) is 27.3 Å². The Morgan fingerprint density at radius 1 is 1.00 bits per heavy atom. The average molecular weight is 478 g/mol. The van der Waals surface area contributed by atoms with Gasteiger partial charge in [-0.05, 0) is 74.4 Å². The number of likely N-dealkylation sites (tertiary alicyclic amines) is 1. The summed E-state index contributed by atoms with van der Waals surface area (Å²) < 4.78 is 11.0. The second-order valence-corrected chi connectivity index (χ2v) is 9.93. The fourth-order valence-electron chi connectivity index (χ4n) is 5.00. The maximum atomic E-state index is 13.5. The molecule has 186 valence electrons. The maximum Gasteiger partial charge on any atom is 0.251 e. The molecule has 5 rings (SSSR count). The van der Waals surface area contributed by atoms with Crippen molar-refractivity contribution >= 4 is 11.8 Å². The third kappa shape index (κ3) is 5.61. The number of benzene rings is 2. The van der Waals surface area contributed by atoms with Crippen LogP contribution in [0.2, 0.25) is 0 Å². The van der Waals surface area contributed by atoms with E-state index in [1.165, 1.54) is 0 Å². The molecular formula is C28H35N3O4. The summed E-state index contributed by atoms with van der Waals surface area (Å²) in [5, 5.41) is 3.03. The number of amides is 2. The van der Waals surface area contributed by atoms with Crippen LogP contribution in [0.3, 0.4) is 0 Å². The molecule has 2 saturated carbocycles. The minimum Gasteiger partial charge on any atom is -0.497 e. The summed E-state index contributed by atoms with van der Waals surface area (Å²) in [6, 6.07) is 14.4. The molecule has 0 bridgehead atoms. The van der Waals surface area contributed by atoms with Crippen LogP contribution in [0, 0.1) is 0 Å². The molecule has 7 heteroatoms. The van der Waals surface area contributed by atoms with Gasteiger partial charge in [-0.15, -0.1) is 0 Å². The zero-order chi connectivity index (χ0) is 24.4. The fourth-order valence-corrected chi connectivity index (χ4v) is 5.00. The summed E-state index contributed by atoms with van der Waals surface area (Å²) in [6.07, 6.45) is 6.31. The van der Waals surface area contributed by atoms with E-state index in [0.29, 0.717) is 30.7 Å². The molecule has 3 aliphatic rings. The van der Waals surface area contributed by atoms with E-state index in [1.807, 2.05) is 47.4 Å². The lowest BCUT2D eigenvalue weighted by Crippen LogP contribution is -2.40. The Kier molecular flexibility index (Phi) is 6.95. The van der Waals surface area contributed by atoms with Crippen LogP contribution in [0.25, 0.3) is 0 Å². The number of nitrogens with one attached hydrogen (secondary N) is 1. The first kappa shape index (κ1) is 23.7. The molecule has 2 aromatic carbocycles. The van der Waals surface area contributed by atoms with Crippen molar-refractivity contribution in [3.63, 3.8) is 0 Å². The van der Waals surface area contributed by atoms with Crippen LogP contribution < -0.4 is 14.8 Å². The first-order chi connectivity index (χ1) is 17.1. The Balaban J connectivity index is 1.25. The summed E-state index contributed by atoms with van der Waals surface area (Å²) in [5.74, 6) is 1.72. The monoisotopic (exact) mass is 477 g/mol. The highest BCUT2D eigenvalue weighted by molar-refractivity contribution is 5.94. The average Bonchev–Trinajstić information content (AvgIpc) is 3.82. The summed E-state index contributed by atoms with van der Waals surface area (Å²) in [5.41, 5.74) is 2.83. The van der Waals surface area contributed by atoms with Gasteiger partial charge >= 0.3 is 0 Å². The highest BCUT2D eigenvalue weighted by atomic mass is 16.5. The molecule has 7 nitrogen and oxygen atoms in total. The van der Waals surface area contributed by atoms with Gasteiger partial charge in [0.2, 0.25) is 5.91 Å². The van der Waals surface area contributed by atoms with Gasteiger partial charge in [0.1, 0.15) is 11.5 Å². The van der Waals surface area contributed by atoms with Crippen LogP contribution >= 0.6 is 0 Å². The molecule has 35 heavy (non-hydrogen) atoms. The van der Waals surface area contributed by atoms with Crippen molar-refractivity contribution in [2.45, 2.75) is 63.2 Å². The SMILES string of the molecule is COc1ccc(OC)c(C2CCCN2C(=O)CN(Cc2ccc(C(=O)NC3CC3)cc2)C2CC2)c1. The smallest absolute Gasteiger partial charge is 0.251 e. The third-order valence-electron chi connectivity index (χ3n) is 7.28. The zero-order valence-electron chi connectivity index (χ0n) is 20.7. The molecule has 2 amide bonds. The molecule has 0 aromatic heterocycles. The minimum atomic E-state index is -0.00198. The molecular weight excluding hydrogens is 442 g/mol. The van der Waals surface area contributed by atoms with E-state index in [2.05, 4.69) is 10.2 Å². The van der Waals surface area contributed by atoms with Gasteiger partial charge in [0.25, 0.3) is 5.91 Å². The van der Waals surface area contributed by atoms with Gasteiger partial charge < -0.3 is 19.7 Å². The normalized spacial score (nSPS) is 19.6. The summed E-state index contributed by atoms with van der Waals surface area (Å²) in [4.78, 5) is 30.1. The first-order valence-corrected chi connectivity index (χ1v) is 12.7. The number of hydrogen-bond acceptors (Lipinski definition) is 5. The molecule has 0 radical (unpaired) electrons. The largest absolute Gasteiger partial charge is 0.497 e. The van der Waals surface area contributed by atoms with E-state index in [-0.39, 0.29) is 17.9 Å². The van der Waals surface area contributed by atoms with Gasteiger partial charge in [-0.3, -0.25) is 14.5 Å². The van der Waals surface area contributed by atoms with Crippen LogP contribution in [-0.4, -0.2) is 61.0 Å². The quantitative estimate of drug-likeness (QED) is 0.562. The van der Waals surface area contributed by atoms with Gasteiger partial charge in [0, 0.05) is 36.3 Å². The van der Waals surface area contributed by atoms with E-state index in [9.17, 15) is 9.59 Å². The lowest BCUT2D eigenvalue weighted by molar-refractivity contribution is -0.133. The van der Waals surface area contributed by atoms with Crippen molar-refractivity contribution in [2.24, 2.45) is 0 Å². The van der Waals surface area contributed by atoms with Crippen LogP contribution in [0.5, 0.6) is 11.5 Å². The molecule has 1 heterocycles. The second-order valence-electron chi connectivity index (χ2n) is 9.93. The minimum absolute atomic E-state index is 0.00122. The molecule has 1 aliphatic heterocycles. The molecule has 1 unspecified atom stereocenters. The van der Waals surface area contributed by atoms with Crippen LogP contribution in [0.15, 0.2) is 42.5 Å². The fraction of sp³-hybridized carbons (Fsp3) is 0.500. The van der Waals surface area contributed by atoms with Crippen molar-refractivity contribution in [1.82, 2.24) is 15.1 Å². The summed E-state index contributed by atoms with van der Waals surface area (Å²) >= 11 is 0. The standard InChI is InChI=1S/C28H35N3O4/c1-34-23-13-14-26(35-2)24(16-23)25-4-3-15-31(25)27(32)18-30(22-11-12-22)17-19-5-7-20(8-6-19)28(33)29-21-9-10-21/h5-8,13-14,16,21-22,25H,3-4,9-12,15,17-18H2,1-2H3,(H,29,33). The van der Waals surface area contributed by atoms with Crippen molar-refractivity contribution in [1.29, 1.82) is 0 Å². The van der Waals surface area contributed by atoms with E-state index in [4.69, 9.17) is 9.47 Å². The molecule has 2 aromatic rings. The van der Waals surface area contributed by atoms with E-state index < -0.39 is 0 Å². The Bertz CT molecular complexity index is 1060. The highest BCUT2D eigenvalue weighted by Gasteiger charge is 2.36. The number of hydrogen-bond donors (Lipinski definition) is 1. The molecule has 1 atom stereocenters. The summed E-state index contributed by atoms with van der Waals surface area (Å²) in [7, 11) is 3.32. The van der Waals surface area contributed by atoms with Crippen molar-refractivity contribution < 1.29 is 19.1 Å². The molecule has 3 fully saturated rings. The van der Waals surface area contributed by atoms with Crippen LogP contribution in [-0.2, 0) is 11.3 Å². The third-order valence-corrected chi connectivity index (χ3v) is 7.28. The Morgan fingerprint density at radius 3 is 2.43 bits per heavy atom. The number of carbonyl (C=O) groups is 2. The van der Waals surface area contributed by atoms with Crippen molar-refractivity contribution in [3.05, 3.63) is 59.2 Å². The number of methoxy groups -OCH3 is 2. The Labute approximate surface area is 207 Å². The molecule has 1 N–H and O–H groups in total. The number of rotatable bonds is 10. The van der Waals surface area contributed by atoms with Gasteiger partial charge in [0.05, 0.1) is 26.8 Å². The number of carbonyl (C=O) groups excluding carboxylic acids is 2. The summed E-state index contributed by atoms with van der Waals surface area (Å²) in [6.45, 7) is 1.87. The van der Waals surface area contributed by atoms with Crippen LogP contribution in [0.4, 0.5) is 0 Å². The highest BCUT2D eigenvalue weighted by Crippen LogP contribution is 2.39. The van der Waals surface area contributed by atoms with Crippen molar-refractivity contribution in [3.8, 4) is 11.5 Å². The lowest BCUT2D eigenvalue weighted by atomic mass is 10.0. The van der Waals surface area contributed by atoms with E-state index in [0.717, 1.165) is 67.7 Å². The van der Waals surface area contributed by atoms with Gasteiger partial charge in [-0.2, -0.15) is 0 Å². The first-order valence-electron chi connectivity index (χ1n) is 12.7. The van der Waals surface area contributed by atoms with Gasteiger partial charge in [-0.1, -0.05) is 12.1 Å². The van der Waals surface area contributed by atoms with E-state index >= 15 is 0 Å². The van der Waals surface area contributed by atoms with Crippen LogP contribution in [0.1, 0.15) is 66.1 Å². The second kappa shape index (κ2) is 10.3. The number of nitrogens with zero attached hydrogens (tertiary/aromatic N) is 2. The maximum absolute atomic E-state index is 13.5. The lowest BCUT2D eigenvalue weighted by Gasteiger charge is -2.30. The van der Waals surface area contributed by atoms with Gasteiger partial charge in [-0.25, -0.2) is 0 Å². The van der Waals surface area contributed by atoms with E-state index in [1.54, 1.807) is 14.2 Å². The predicted molar refractivity (Wildman–Crippen MR) is 134 cm³/mol. The number of ether oxygens (including phenoxy) is 2.